The van der Waals surface area contributed by atoms with Crippen molar-refractivity contribution in [1.29, 1.82) is 0 Å². The minimum Gasteiger partial charge on any atom is -0.378 e. The average molecular weight is 205 g/mol. The van der Waals surface area contributed by atoms with Gasteiger partial charge in [0.2, 0.25) is 0 Å². The lowest BCUT2D eigenvalue weighted by molar-refractivity contribution is 0.117. The molecule has 0 bridgehead atoms. The molecule has 0 radical (unpaired) electrons. The molecular formula is C13H19NO. The lowest BCUT2D eigenvalue weighted by Crippen LogP contribution is -2.25. The van der Waals surface area contributed by atoms with Gasteiger partial charge in [-0.25, -0.2) is 0 Å². The van der Waals surface area contributed by atoms with E-state index in [1.165, 1.54) is 5.56 Å². The minimum atomic E-state index is 0.412. The first-order chi connectivity index (χ1) is 7.31. The maximum atomic E-state index is 5.63. The Morgan fingerprint density at radius 3 is 2.60 bits per heavy atom. The zero-order valence-corrected chi connectivity index (χ0v) is 9.44. The fourth-order valence-electron chi connectivity index (χ4n) is 2.42. The van der Waals surface area contributed by atoms with Crippen molar-refractivity contribution in [1.82, 2.24) is 5.32 Å². The molecule has 15 heavy (non-hydrogen) atoms. The molecule has 2 rings (SSSR count). The van der Waals surface area contributed by atoms with Gasteiger partial charge >= 0.3 is 0 Å². The predicted octanol–water partition coefficient (Wildman–Crippen LogP) is 2.37. The Morgan fingerprint density at radius 2 is 2.07 bits per heavy atom. The first-order valence-electron chi connectivity index (χ1n) is 5.65. The Bertz CT molecular complexity index is 299. The highest BCUT2D eigenvalue weighted by molar-refractivity contribution is 5.20. The molecule has 0 aliphatic carbocycles. The summed E-state index contributed by atoms with van der Waals surface area (Å²) < 4.78 is 5.63. The Labute approximate surface area is 91.6 Å². The van der Waals surface area contributed by atoms with Crippen molar-refractivity contribution in [2.45, 2.75) is 25.5 Å². The van der Waals surface area contributed by atoms with Gasteiger partial charge < -0.3 is 10.1 Å². The zero-order chi connectivity index (χ0) is 10.7. The van der Waals surface area contributed by atoms with E-state index in [1.807, 2.05) is 7.05 Å². The number of nitrogens with one attached hydrogen (secondary N) is 1. The van der Waals surface area contributed by atoms with Gasteiger partial charge in [0.15, 0.2) is 0 Å². The van der Waals surface area contributed by atoms with Crippen molar-refractivity contribution in [3.8, 4) is 0 Å². The Morgan fingerprint density at radius 1 is 1.33 bits per heavy atom. The molecule has 1 fully saturated rings. The van der Waals surface area contributed by atoms with Gasteiger partial charge in [-0.05, 0) is 26.0 Å². The fourth-order valence-corrected chi connectivity index (χ4v) is 2.42. The normalized spacial score (nSPS) is 27.9. The summed E-state index contributed by atoms with van der Waals surface area (Å²) in [6, 6.07) is 11.0. The maximum absolute atomic E-state index is 5.63. The number of ether oxygens (including phenoxy) is 1. The summed E-state index contributed by atoms with van der Waals surface area (Å²) in [7, 11) is 2.03. The minimum absolute atomic E-state index is 0.412. The molecule has 2 nitrogen and oxygen atoms in total. The molecule has 1 aromatic carbocycles. The molecule has 2 heteroatoms. The Hall–Kier alpha value is -0.860. The summed E-state index contributed by atoms with van der Waals surface area (Å²) in [6.45, 7) is 3.03. The molecular weight excluding hydrogens is 186 g/mol. The lowest BCUT2D eigenvalue weighted by Gasteiger charge is -2.22. The molecule has 1 saturated heterocycles. The van der Waals surface area contributed by atoms with Gasteiger partial charge in [0, 0.05) is 12.0 Å². The third kappa shape index (κ3) is 2.39. The van der Waals surface area contributed by atoms with Crippen LogP contribution in [0.5, 0.6) is 0 Å². The van der Waals surface area contributed by atoms with Crippen molar-refractivity contribution >= 4 is 0 Å². The van der Waals surface area contributed by atoms with E-state index in [4.69, 9.17) is 4.74 Å². The monoisotopic (exact) mass is 205 g/mol. The summed E-state index contributed by atoms with van der Waals surface area (Å²) in [6.07, 6.45) is 1.56. The van der Waals surface area contributed by atoms with Crippen LogP contribution in [0.25, 0.3) is 0 Å². The third-order valence-corrected chi connectivity index (χ3v) is 3.17. The van der Waals surface area contributed by atoms with Crippen molar-refractivity contribution in [2.24, 2.45) is 5.92 Å². The summed E-state index contributed by atoms with van der Waals surface area (Å²) in [5, 5.41) is 3.40. The van der Waals surface area contributed by atoms with E-state index >= 15 is 0 Å². The molecule has 1 aliphatic rings. The Kier molecular flexibility index (Phi) is 3.39. The van der Waals surface area contributed by atoms with E-state index in [-0.39, 0.29) is 0 Å². The molecule has 1 aliphatic heterocycles. The molecule has 1 aromatic rings. The second-order valence-electron chi connectivity index (χ2n) is 4.32. The summed E-state index contributed by atoms with van der Waals surface area (Å²) in [5.41, 5.74) is 1.36. The van der Waals surface area contributed by atoms with Crippen LogP contribution in [0.3, 0.4) is 0 Å². The second-order valence-corrected chi connectivity index (χ2v) is 4.32. The van der Waals surface area contributed by atoms with E-state index in [1.54, 1.807) is 0 Å². The molecule has 0 aromatic heterocycles. The van der Waals surface area contributed by atoms with Crippen LogP contribution < -0.4 is 5.32 Å². The smallest absolute Gasteiger partial charge is 0.0551 e. The van der Waals surface area contributed by atoms with Gasteiger partial charge in [0.1, 0.15) is 0 Å². The van der Waals surface area contributed by atoms with Crippen LogP contribution in [0.4, 0.5) is 0 Å². The molecule has 0 saturated carbocycles. The highest BCUT2D eigenvalue weighted by atomic mass is 16.5. The summed E-state index contributed by atoms with van der Waals surface area (Å²) in [4.78, 5) is 0. The van der Waals surface area contributed by atoms with Gasteiger partial charge in [-0.15, -0.1) is 0 Å². The van der Waals surface area contributed by atoms with Crippen molar-refractivity contribution < 1.29 is 4.74 Å². The van der Waals surface area contributed by atoms with Gasteiger partial charge in [0.05, 0.1) is 12.7 Å². The summed E-state index contributed by atoms with van der Waals surface area (Å²) >= 11 is 0. The molecule has 3 atom stereocenters. The van der Waals surface area contributed by atoms with Gasteiger partial charge in [-0.1, -0.05) is 30.3 Å². The van der Waals surface area contributed by atoms with Crippen LogP contribution in [-0.2, 0) is 4.74 Å². The standard InChI is InChI=1S/C13H19NO/c1-10-8-12(9-15-10)13(14-2)11-6-4-3-5-7-11/h3-7,10,12-14H,8-9H2,1-2H3. The molecule has 3 unspecified atom stereocenters. The van der Waals surface area contributed by atoms with E-state index in [9.17, 15) is 0 Å². The van der Waals surface area contributed by atoms with Crippen LogP contribution in [0.2, 0.25) is 0 Å². The average Bonchev–Trinajstić information content (AvgIpc) is 2.68. The van der Waals surface area contributed by atoms with E-state index in [0.29, 0.717) is 18.1 Å². The lowest BCUT2D eigenvalue weighted by atomic mass is 9.91. The highest BCUT2D eigenvalue weighted by Crippen LogP contribution is 2.31. The molecule has 0 spiro atoms. The number of hydrogen-bond acceptors (Lipinski definition) is 2. The van der Waals surface area contributed by atoms with Crippen LogP contribution in [0.15, 0.2) is 30.3 Å². The van der Waals surface area contributed by atoms with Gasteiger partial charge in [-0.2, -0.15) is 0 Å². The maximum Gasteiger partial charge on any atom is 0.0551 e. The van der Waals surface area contributed by atoms with Gasteiger partial charge in [-0.3, -0.25) is 0 Å². The first-order valence-corrected chi connectivity index (χ1v) is 5.65. The van der Waals surface area contributed by atoms with E-state index in [0.717, 1.165) is 13.0 Å². The van der Waals surface area contributed by atoms with E-state index < -0.39 is 0 Å². The fraction of sp³-hybridized carbons (Fsp3) is 0.538. The molecule has 1 heterocycles. The molecule has 82 valence electrons. The Balaban J connectivity index is 2.11. The number of rotatable bonds is 3. The first kappa shape index (κ1) is 10.7. The van der Waals surface area contributed by atoms with Crippen molar-refractivity contribution in [3.63, 3.8) is 0 Å². The zero-order valence-electron chi connectivity index (χ0n) is 9.44. The summed E-state index contributed by atoms with van der Waals surface area (Å²) in [5.74, 6) is 0.604. The third-order valence-electron chi connectivity index (χ3n) is 3.17. The molecule has 1 N–H and O–H groups in total. The molecule has 0 amide bonds. The number of hydrogen-bond donors (Lipinski definition) is 1. The SMILES string of the molecule is CNC(c1ccccc1)C1COC(C)C1. The van der Waals surface area contributed by atoms with E-state index in [2.05, 4.69) is 42.6 Å². The highest BCUT2D eigenvalue weighted by Gasteiger charge is 2.29. The topological polar surface area (TPSA) is 21.3 Å². The number of benzene rings is 1. The predicted molar refractivity (Wildman–Crippen MR) is 61.8 cm³/mol. The van der Waals surface area contributed by atoms with Crippen molar-refractivity contribution in [3.05, 3.63) is 35.9 Å². The quantitative estimate of drug-likeness (QED) is 0.818. The largest absolute Gasteiger partial charge is 0.378 e. The van der Waals surface area contributed by atoms with Crippen LogP contribution in [0, 0.1) is 5.92 Å². The van der Waals surface area contributed by atoms with Crippen molar-refractivity contribution in [2.75, 3.05) is 13.7 Å². The van der Waals surface area contributed by atoms with Crippen LogP contribution in [0.1, 0.15) is 24.9 Å². The van der Waals surface area contributed by atoms with Gasteiger partial charge in [0.25, 0.3) is 0 Å². The second kappa shape index (κ2) is 4.77. The van der Waals surface area contributed by atoms with Crippen LogP contribution in [-0.4, -0.2) is 19.8 Å². The van der Waals surface area contributed by atoms with Crippen LogP contribution >= 0.6 is 0 Å².